The number of carbonyl (C=O) groups excluding carboxylic acids is 1. The van der Waals surface area contributed by atoms with Crippen LogP contribution in [-0.4, -0.2) is 73.4 Å². The van der Waals surface area contributed by atoms with E-state index in [-0.39, 0.29) is 18.6 Å². The molecule has 0 aromatic heterocycles. The Bertz CT molecular complexity index is 205. The SMILES string of the molecule is CC(C(=O)N1CCOCC1)N(C)CCO. The van der Waals surface area contributed by atoms with Crippen molar-refractivity contribution >= 4 is 5.91 Å². The maximum Gasteiger partial charge on any atom is 0.239 e. The molecule has 1 rings (SSSR count). The highest BCUT2D eigenvalue weighted by molar-refractivity contribution is 5.81. The Balaban J connectivity index is 2.43. The van der Waals surface area contributed by atoms with Gasteiger partial charge < -0.3 is 14.7 Å². The number of ether oxygens (including phenoxy) is 1. The van der Waals surface area contributed by atoms with Crippen LogP contribution in [0.2, 0.25) is 0 Å². The van der Waals surface area contributed by atoms with Crippen LogP contribution in [0.5, 0.6) is 0 Å². The van der Waals surface area contributed by atoms with E-state index in [9.17, 15) is 4.79 Å². The van der Waals surface area contributed by atoms with Gasteiger partial charge in [-0.1, -0.05) is 0 Å². The van der Waals surface area contributed by atoms with E-state index >= 15 is 0 Å². The third-order valence-corrected chi connectivity index (χ3v) is 2.79. The molecule has 1 aliphatic heterocycles. The molecule has 0 aromatic rings. The molecular weight excluding hydrogens is 196 g/mol. The Morgan fingerprint density at radius 2 is 2.13 bits per heavy atom. The van der Waals surface area contributed by atoms with Gasteiger partial charge in [0.1, 0.15) is 0 Å². The molecule has 1 fully saturated rings. The Kier molecular flexibility index (Phi) is 5.01. The average molecular weight is 216 g/mol. The number of aliphatic hydroxyl groups excluding tert-OH is 1. The first kappa shape index (κ1) is 12.4. The number of likely N-dealkylation sites (N-methyl/N-ethyl adjacent to an activating group) is 1. The fraction of sp³-hybridized carbons (Fsp3) is 0.900. The monoisotopic (exact) mass is 216 g/mol. The third kappa shape index (κ3) is 3.44. The van der Waals surface area contributed by atoms with Gasteiger partial charge >= 0.3 is 0 Å². The molecule has 5 heteroatoms. The van der Waals surface area contributed by atoms with Crippen molar-refractivity contribution in [3.63, 3.8) is 0 Å². The minimum atomic E-state index is -0.171. The maximum absolute atomic E-state index is 12.0. The quantitative estimate of drug-likeness (QED) is 0.665. The standard InChI is InChI=1S/C10H20N2O3/c1-9(11(2)3-6-13)10(14)12-4-7-15-8-5-12/h9,13H,3-8H2,1-2H3. The van der Waals surface area contributed by atoms with Gasteiger partial charge in [0.25, 0.3) is 0 Å². The first-order valence-corrected chi connectivity index (χ1v) is 5.34. The molecule has 15 heavy (non-hydrogen) atoms. The van der Waals surface area contributed by atoms with Crippen LogP contribution in [0.3, 0.4) is 0 Å². The fourth-order valence-corrected chi connectivity index (χ4v) is 1.59. The van der Waals surface area contributed by atoms with Gasteiger partial charge in [-0.3, -0.25) is 9.69 Å². The second kappa shape index (κ2) is 6.05. The largest absolute Gasteiger partial charge is 0.395 e. The van der Waals surface area contributed by atoms with Crippen molar-refractivity contribution in [3.8, 4) is 0 Å². The normalized spacial score (nSPS) is 19.3. The van der Waals surface area contributed by atoms with Crippen LogP contribution >= 0.6 is 0 Å². The summed E-state index contributed by atoms with van der Waals surface area (Å²) in [5.41, 5.74) is 0. The molecule has 0 saturated carbocycles. The molecule has 0 bridgehead atoms. The van der Waals surface area contributed by atoms with Gasteiger partial charge in [-0.15, -0.1) is 0 Å². The Hall–Kier alpha value is -0.650. The van der Waals surface area contributed by atoms with E-state index in [2.05, 4.69) is 0 Å². The lowest BCUT2D eigenvalue weighted by Crippen LogP contribution is -2.50. The molecule has 0 aliphatic carbocycles. The van der Waals surface area contributed by atoms with E-state index in [1.54, 1.807) is 0 Å². The summed E-state index contributed by atoms with van der Waals surface area (Å²) in [7, 11) is 1.85. The summed E-state index contributed by atoms with van der Waals surface area (Å²) in [5.74, 6) is 0.120. The Morgan fingerprint density at radius 1 is 1.53 bits per heavy atom. The van der Waals surface area contributed by atoms with Crippen LogP contribution in [-0.2, 0) is 9.53 Å². The summed E-state index contributed by atoms with van der Waals surface area (Å²) in [4.78, 5) is 15.6. The van der Waals surface area contributed by atoms with Crippen LogP contribution < -0.4 is 0 Å². The molecule has 1 N–H and O–H groups in total. The second-order valence-corrected chi connectivity index (χ2v) is 3.82. The van der Waals surface area contributed by atoms with Gasteiger partial charge in [0.15, 0.2) is 0 Å². The van der Waals surface area contributed by atoms with Gasteiger partial charge in [-0.25, -0.2) is 0 Å². The molecule has 1 amide bonds. The first-order valence-electron chi connectivity index (χ1n) is 5.34. The van der Waals surface area contributed by atoms with E-state index < -0.39 is 0 Å². The number of carbonyl (C=O) groups is 1. The summed E-state index contributed by atoms with van der Waals surface area (Å²) in [5, 5.41) is 8.79. The van der Waals surface area contributed by atoms with Crippen molar-refractivity contribution in [3.05, 3.63) is 0 Å². The number of hydrogen-bond acceptors (Lipinski definition) is 4. The zero-order chi connectivity index (χ0) is 11.3. The zero-order valence-corrected chi connectivity index (χ0v) is 9.48. The summed E-state index contributed by atoms with van der Waals surface area (Å²) in [6.45, 7) is 5.08. The number of nitrogens with zero attached hydrogens (tertiary/aromatic N) is 2. The first-order chi connectivity index (χ1) is 7.16. The molecule has 0 radical (unpaired) electrons. The van der Waals surface area contributed by atoms with E-state index in [1.807, 2.05) is 23.8 Å². The minimum absolute atomic E-state index is 0.0806. The molecule has 1 atom stereocenters. The van der Waals surface area contributed by atoms with E-state index in [4.69, 9.17) is 9.84 Å². The van der Waals surface area contributed by atoms with E-state index in [1.165, 1.54) is 0 Å². The van der Waals surface area contributed by atoms with Crippen molar-refractivity contribution in [2.75, 3.05) is 46.5 Å². The lowest BCUT2D eigenvalue weighted by atomic mass is 10.2. The van der Waals surface area contributed by atoms with Crippen LogP contribution in [0.25, 0.3) is 0 Å². The molecule has 5 nitrogen and oxygen atoms in total. The summed E-state index contributed by atoms with van der Waals surface area (Å²) in [6.07, 6.45) is 0. The lowest BCUT2D eigenvalue weighted by Gasteiger charge is -2.32. The lowest BCUT2D eigenvalue weighted by molar-refractivity contribution is -0.140. The van der Waals surface area contributed by atoms with Gasteiger partial charge in [-0.05, 0) is 14.0 Å². The van der Waals surface area contributed by atoms with Crippen molar-refractivity contribution in [2.24, 2.45) is 0 Å². The van der Waals surface area contributed by atoms with Crippen molar-refractivity contribution in [1.29, 1.82) is 0 Å². The van der Waals surface area contributed by atoms with Gasteiger partial charge in [0, 0.05) is 19.6 Å². The highest BCUT2D eigenvalue weighted by Crippen LogP contribution is 2.04. The fourth-order valence-electron chi connectivity index (χ4n) is 1.59. The molecule has 0 spiro atoms. The topological polar surface area (TPSA) is 53.0 Å². The molecule has 1 saturated heterocycles. The van der Waals surface area contributed by atoms with E-state index in [0.717, 1.165) is 0 Å². The van der Waals surface area contributed by atoms with Gasteiger partial charge in [-0.2, -0.15) is 0 Å². The molecule has 0 aromatic carbocycles. The second-order valence-electron chi connectivity index (χ2n) is 3.82. The number of morpholine rings is 1. The molecule has 1 unspecified atom stereocenters. The van der Waals surface area contributed by atoms with Gasteiger partial charge in [0.05, 0.1) is 25.9 Å². The third-order valence-electron chi connectivity index (χ3n) is 2.79. The Labute approximate surface area is 90.6 Å². The highest BCUT2D eigenvalue weighted by atomic mass is 16.5. The Morgan fingerprint density at radius 3 is 2.67 bits per heavy atom. The van der Waals surface area contributed by atoms with E-state index in [0.29, 0.717) is 32.8 Å². The minimum Gasteiger partial charge on any atom is -0.395 e. The van der Waals surface area contributed by atoms with Crippen molar-refractivity contribution < 1.29 is 14.6 Å². The molecular formula is C10H20N2O3. The van der Waals surface area contributed by atoms with Gasteiger partial charge in [0.2, 0.25) is 5.91 Å². The maximum atomic E-state index is 12.0. The smallest absolute Gasteiger partial charge is 0.239 e. The van der Waals surface area contributed by atoms with Crippen LogP contribution in [0.1, 0.15) is 6.92 Å². The van der Waals surface area contributed by atoms with Crippen LogP contribution in [0, 0.1) is 0 Å². The molecule has 1 aliphatic rings. The molecule has 1 heterocycles. The molecule has 88 valence electrons. The number of hydrogen-bond donors (Lipinski definition) is 1. The van der Waals surface area contributed by atoms with Crippen LogP contribution in [0.4, 0.5) is 0 Å². The number of aliphatic hydroxyl groups is 1. The number of rotatable bonds is 4. The zero-order valence-electron chi connectivity index (χ0n) is 9.48. The summed E-state index contributed by atoms with van der Waals surface area (Å²) in [6, 6.07) is -0.171. The highest BCUT2D eigenvalue weighted by Gasteiger charge is 2.24. The predicted molar refractivity (Wildman–Crippen MR) is 56.6 cm³/mol. The summed E-state index contributed by atoms with van der Waals surface area (Å²) < 4.78 is 5.19. The summed E-state index contributed by atoms with van der Waals surface area (Å²) >= 11 is 0. The average Bonchev–Trinajstić information content (AvgIpc) is 2.28. The van der Waals surface area contributed by atoms with Crippen molar-refractivity contribution in [1.82, 2.24) is 9.80 Å². The number of amides is 1. The van der Waals surface area contributed by atoms with Crippen LogP contribution in [0.15, 0.2) is 0 Å². The van der Waals surface area contributed by atoms with Crippen molar-refractivity contribution in [2.45, 2.75) is 13.0 Å². The predicted octanol–water partition coefficient (Wildman–Crippen LogP) is -0.842.